The summed E-state index contributed by atoms with van der Waals surface area (Å²) in [7, 11) is 0. The number of amides is 1. The number of likely N-dealkylation sites (tertiary alicyclic amines) is 1. The van der Waals surface area contributed by atoms with Crippen molar-refractivity contribution in [3.05, 3.63) is 54.4 Å². The van der Waals surface area contributed by atoms with Gasteiger partial charge in [0.2, 0.25) is 0 Å². The van der Waals surface area contributed by atoms with Crippen molar-refractivity contribution >= 4 is 5.91 Å². The minimum atomic E-state index is -0.0666. The van der Waals surface area contributed by atoms with E-state index in [-0.39, 0.29) is 12.2 Å². The van der Waals surface area contributed by atoms with Gasteiger partial charge in [0.05, 0.1) is 13.2 Å². The fourth-order valence-corrected chi connectivity index (χ4v) is 3.49. The van der Waals surface area contributed by atoms with Crippen LogP contribution in [0.1, 0.15) is 23.2 Å². The molecule has 24 heavy (non-hydrogen) atoms. The van der Waals surface area contributed by atoms with Crippen LogP contribution < -0.4 is 0 Å². The molecular weight excluding hydrogens is 304 g/mol. The molecule has 0 atom stereocenters. The summed E-state index contributed by atoms with van der Waals surface area (Å²) >= 11 is 0. The molecule has 0 radical (unpaired) electrons. The summed E-state index contributed by atoms with van der Waals surface area (Å²) in [4.78, 5) is 14.6. The summed E-state index contributed by atoms with van der Waals surface area (Å²) in [5.74, 6) is 0.522. The van der Waals surface area contributed by atoms with Crippen LogP contribution >= 0.6 is 0 Å². The zero-order chi connectivity index (χ0) is 16.4. The lowest BCUT2D eigenvalue weighted by Gasteiger charge is -2.33. The van der Waals surface area contributed by atoms with Crippen molar-refractivity contribution in [2.45, 2.75) is 19.1 Å². The monoisotopic (exact) mass is 326 g/mol. The van der Waals surface area contributed by atoms with Gasteiger partial charge >= 0.3 is 0 Å². The van der Waals surface area contributed by atoms with Crippen LogP contribution in [0.5, 0.6) is 0 Å². The average Bonchev–Trinajstić information content (AvgIpc) is 3.35. The van der Waals surface area contributed by atoms with E-state index < -0.39 is 0 Å². The Morgan fingerprint density at radius 2 is 1.58 bits per heavy atom. The quantitative estimate of drug-likeness (QED) is 0.871. The third kappa shape index (κ3) is 3.09. The predicted octanol–water partition coefficient (Wildman–Crippen LogP) is 2.70. The molecule has 4 rings (SSSR count). The molecule has 0 N–H and O–H groups in total. The Labute approximate surface area is 141 Å². The first-order chi connectivity index (χ1) is 11.8. The minimum Gasteiger partial charge on any atom is -0.350 e. The Balaban J connectivity index is 1.37. The number of nitrogens with zero attached hydrogens (tertiary/aromatic N) is 2. The van der Waals surface area contributed by atoms with Crippen LogP contribution in [0.25, 0.3) is 5.69 Å². The van der Waals surface area contributed by atoms with Crippen LogP contribution in [0.4, 0.5) is 0 Å². The van der Waals surface area contributed by atoms with Gasteiger partial charge in [-0.2, -0.15) is 0 Å². The van der Waals surface area contributed by atoms with Crippen LogP contribution in [-0.4, -0.2) is 48.0 Å². The molecule has 2 fully saturated rings. The van der Waals surface area contributed by atoms with Gasteiger partial charge in [-0.3, -0.25) is 4.79 Å². The van der Waals surface area contributed by atoms with Gasteiger partial charge in [-0.25, -0.2) is 0 Å². The molecule has 3 heterocycles. The lowest BCUT2D eigenvalue weighted by atomic mass is 9.95. The molecule has 0 spiro atoms. The normalized spacial score (nSPS) is 19.8. The standard InChI is InChI=1S/C19H22N2O3/c22-18(15-3-5-17(6-4-15)20-9-1-2-10-20)21-11-7-16(8-12-21)19-23-13-14-24-19/h1-6,9-10,16,19H,7-8,11-14H2. The van der Waals surface area contributed by atoms with Crippen molar-refractivity contribution in [2.24, 2.45) is 5.92 Å². The molecule has 2 aromatic rings. The lowest BCUT2D eigenvalue weighted by molar-refractivity contribution is -0.0956. The Morgan fingerprint density at radius 1 is 0.958 bits per heavy atom. The fraction of sp³-hybridized carbons (Fsp3) is 0.421. The van der Waals surface area contributed by atoms with Crippen molar-refractivity contribution in [1.29, 1.82) is 0 Å². The van der Waals surface area contributed by atoms with Gasteiger partial charge in [0.25, 0.3) is 5.91 Å². The van der Waals surface area contributed by atoms with E-state index in [1.807, 2.05) is 58.3 Å². The second-order valence-corrected chi connectivity index (χ2v) is 6.38. The van der Waals surface area contributed by atoms with E-state index in [0.29, 0.717) is 19.1 Å². The van der Waals surface area contributed by atoms with E-state index in [0.717, 1.165) is 37.2 Å². The summed E-state index contributed by atoms with van der Waals surface area (Å²) in [6.45, 7) is 2.92. The maximum absolute atomic E-state index is 12.7. The topological polar surface area (TPSA) is 43.7 Å². The van der Waals surface area contributed by atoms with Gasteiger partial charge in [-0.15, -0.1) is 0 Å². The van der Waals surface area contributed by atoms with Gasteiger partial charge in [-0.1, -0.05) is 0 Å². The Morgan fingerprint density at radius 3 is 2.21 bits per heavy atom. The number of aromatic nitrogens is 1. The van der Waals surface area contributed by atoms with Crippen LogP contribution in [0, 0.1) is 5.92 Å². The van der Waals surface area contributed by atoms with Crippen molar-refractivity contribution in [2.75, 3.05) is 26.3 Å². The van der Waals surface area contributed by atoms with Gasteiger partial charge in [-0.05, 0) is 49.2 Å². The highest BCUT2D eigenvalue weighted by Crippen LogP contribution is 2.26. The molecule has 1 aromatic heterocycles. The number of piperidine rings is 1. The second-order valence-electron chi connectivity index (χ2n) is 6.38. The molecule has 5 nitrogen and oxygen atoms in total. The molecule has 2 saturated heterocycles. The van der Waals surface area contributed by atoms with Crippen molar-refractivity contribution < 1.29 is 14.3 Å². The summed E-state index contributed by atoms with van der Waals surface area (Å²) in [6, 6.07) is 11.8. The van der Waals surface area contributed by atoms with E-state index >= 15 is 0 Å². The van der Waals surface area contributed by atoms with Crippen molar-refractivity contribution in [3.8, 4) is 5.69 Å². The zero-order valence-electron chi connectivity index (χ0n) is 13.6. The summed E-state index contributed by atoms with van der Waals surface area (Å²) in [6.07, 6.45) is 5.81. The Hall–Kier alpha value is -2.11. The summed E-state index contributed by atoms with van der Waals surface area (Å²) in [5.41, 5.74) is 1.81. The van der Waals surface area contributed by atoms with Gasteiger partial charge in [0, 0.05) is 42.7 Å². The van der Waals surface area contributed by atoms with Gasteiger partial charge in [0.1, 0.15) is 0 Å². The number of carbonyl (C=O) groups is 1. The first kappa shape index (κ1) is 15.4. The maximum Gasteiger partial charge on any atom is 0.253 e. The van der Waals surface area contributed by atoms with Crippen LogP contribution in [0.3, 0.4) is 0 Å². The molecule has 0 unspecified atom stereocenters. The summed E-state index contributed by atoms with van der Waals surface area (Å²) < 4.78 is 13.2. The molecule has 1 aromatic carbocycles. The smallest absolute Gasteiger partial charge is 0.253 e. The van der Waals surface area contributed by atoms with Crippen molar-refractivity contribution in [1.82, 2.24) is 9.47 Å². The second kappa shape index (κ2) is 6.79. The minimum absolute atomic E-state index is 0.0666. The largest absolute Gasteiger partial charge is 0.350 e. The maximum atomic E-state index is 12.7. The molecule has 1 amide bonds. The van der Waals surface area contributed by atoms with E-state index in [1.54, 1.807) is 0 Å². The number of ether oxygens (including phenoxy) is 2. The number of hydrogen-bond acceptors (Lipinski definition) is 3. The van der Waals surface area contributed by atoms with E-state index in [1.165, 1.54) is 0 Å². The third-order valence-corrected chi connectivity index (χ3v) is 4.88. The number of benzene rings is 1. The number of carbonyl (C=O) groups excluding carboxylic acids is 1. The molecule has 2 aliphatic rings. The number of hydrogen-bond donors (Lipinski definition) is 0. The first-order valence-electron chi connectivity index (χ1n) is 8.57. The molecular formula is C19H22N2O3. The molecule has 0 saturated carbocycles. The highest BCUT2D eigenvalue weighted by molar-refractivity contribution is 5.94. The van der Waals surface area contributed by atoms with Crippen molar-refractivity contribution in [3.63, 3.8) is 0 Å². The van der Waals surface area contributed by atoms with Crippen LogP contribution in [0.2, 0.25) is 0 Å². The first-order valence-corrected chi connectivity index (χ1v) is 8.57. The number of rotatable bonds is 3. The van der Waals surface area contributed by atoms with Crippen LogP contribution in [0.15, 0.2) is 48.8 Å². The molecule has 126 valence electrons. The average molecular weight is 326 g/mol. The Kier molecular flexibility index (Phi) is 4.36. The molecule has 5 heteroatoms. The zero-order valence-corrected chi connectivity index (χ0v) is 13.6. The van der Waals surface area contributed by atoms with Gasteiger partial charge < -0.3 is 18.9 Å². The predicted molar refractivity (Wildman–Crippen MR) is 90.1 cm³/mol. The molecule has 0 bridgehead atoms. The third-order valence-electron chi connectivity index (χ3n) is 4.88. The van der Waals surface area contributed by atoms with E-state index in [4.69, 9.17) is 9.47 Å². The lowest BCUT2D eigenvalue weighted by Crippen LogP contribution is -2.41. The molecule has 0 aliphatic carbocycles. The van der Waals surface area contributed by atoms with Crippen LogP contribution in [-0.2, 0) is 9.47 Å². The SMILES string of the molecule is O=C(c1ccc(-n2cccc2)cc1)N1CCC(C2OCCO2)CC1. The highest BCUT2D eigenvalue weighted by Gasteiger charge is 2.31. The summed E-state index contributed by atoms with van der Waals surface area (Å²) in [5, 5.41) is 0. The van der Waals surface area contributed by atoms with E-state index in [9.17, 15) is 4.79 Å². The highest BCUT2D eigenvalue weighted by atomic mass is 16.7. The Bertz CT molecular complexity index is 667. The fourth-order valence-electron chi connectivity index (χ4n) is 3.49. The van der Waals surface area contributed by atoms with E-state index in [2.05, 4.69) is 0 Å². The molecule has 2 aliphatic heterocycles. The van der Waals surface area contributed by atoms with Gasteiger partial charge in [0.15, 0.2) is 6.29 Å².